The summed E-state index contributed by atoms with van der Waals surface area (Å²) in [6, 6.07) is 12.9. The quantitative estimate of drug-likeness (QED) is 0.393. The zero-order chi connectivity index (χ0) is 21.2. The number of nitrogens with two attached hydrogens (primary N) is 1. The standard InChI is InChI=1S/C24H21ClFNOS/c1-24(2,3)14-19-20(12-7-15-5-4-6-18(26)13-15)29-23(27)21(19)22(28)16-8-10-17(25)11-9-16/h4-6,8-11,13H,14,27H2,1-3H3. The highest BCUT2D eigenvalue weighted by molar-refractivity contribution is 7.17. The van der Waals surface area contributed by atoms with Crippen molar-refractivity contribution in [2.24, 2.45) is 5.41 Å². The van der Waals surface area contributed by atoms with Crippen LogP contribution in [-0.2, 0) is 6.42 Å². The van der Waals surface area contributed by atoms with Gasteiger partial charge in [0.15, 0.2) is 5.78 Å². The average Bonchev–Trinajstić information content (AvgIpc) is 2.93. The molecule has 1 aromatic heterocycles. The van der Waals surface area contributed by atoms with Gasteiger partial charge < -0.3 is 5.73 Å². The predicted molar refractivity (Wildman–Crippen MR) is 119 cm³/mol. The van der Waals surface area contributed by atoms with E-state index in [1.54, 1.807) is 36.4 Å². The van der Waals surface area contributed by atoms with E-state index in [1.165, 1.54) is 23.5 Å². The van der Waals surface area contributed by atoms with E-state index in [9.17, 15) is 9.18 Å². The number of nitrogen functional groups attached to an aromatic ring is 1. The molecule has 0 bridgehead atoms. The highest BCUT2D eigenvalue weighted by atomic mass is 35.5. The largest absolute Gasteiger partial charge is 0.390 e. The van der Waals surface area contributed by atoms with Crippen molar-refractivity contribution >= 4 is 33.7 Å². The van der Waals surface area contributed by atoms with Crippen LogP contribution in [0.4, 0.5) is 9.39 Å². The van der Waals surface area contributed by atoms with E-state index in [1.807, 2.05) is 0 Å². The van der Waals surface area contributed by atoms with Gasteiger partial charge >= 0.3 is 0 Å². The third-order valence-electron chi connectivity index (χ3n) is 4.22. The minimum Gasteiger partial charge on any atom is -0.390 e. The molecule has 3 rings (SSSR count). The summed E-state index contributed by atoms with van der Waals surface area (Å²) < 4.78 is 13.4. The third kappa shape index (κ3) is 5.26. The summed E-state index contributed by atoms with van der Waals surface area (Å²) in [6.07, 6.45) is 0.641. The second-order valence-electron chi connectivity index (χ2n) is 7.98. The van der Waals surface area contributed by atoms with E-state index in [-0.39, 0.29) is 17.0 Å². The second kappa shape index (κ2) is 8.41. The molecule has 0 atom stereocenters. The lowest BCUT2D eigenvalue weighted by molar-refractivity contribution is 0.103. The van der Waals surface area contributed by atoms with Crippen LogP contribution in [-0.4, -0.2) is 5.78 Å². The lowest BCUT2D eigenvalue weighted by atomic mass is 9.85. The number of hydrogen-bond acceptors (Lipinski definition) is 3. The van der Waals surface area contributed by atoms with Gasteiger partial charge in [0, 0.05) is 16.1 Å². The van der Waals surface area contributed by atoms with Gasteiger partial charge in [0.05, 0.1) is 15.4 Å². The van der Waals surface area contributed by atoms with Crippen molar-refractivity contribution in [3.63, 3.8) is 0 Å². The van der Waals surface area contributed by atoms with Crippen LogP contribution in [0.25, 0.3) is 0 Å². The van der Waals surface area contributed by atoms with Gasteiger partial charge in [-0.05, 0) is 59.9 Å². The highest BCUT2D eigenvalue weighted by Gasteiger charge is 2.26. The molecular formula is C24H21ClFNOS. The molecule has 0 saturated carbocycles. The molecule has 0 unspecified atom stereocenters. The Morgan fingerprint density at radius 2 is 1.83 bits per heavy atom. The van der Waals surface area contributed by atoms with Crippen LogP contribution in [0.3, 0.4) is 0 Å². The monoisotopic (exact) mass is 425 g/mol. The Balaban J connectivity index is 2.09. The van der Waals surface area contributed by atoms with Crippen molar-refractivity contribution in [2.45, 2.75) is 27.2 Å². The smallest absolute Gasteiger partial charge is 0.196 e. The summed E-state index contributed by atoms with van der Waals surface area (Å²) in [6.45, 7) is 6.30. The van der Waals surface area contributed by atoms with E-state index in [2.05, 4.69) is 32.6 Å². The van der Waals surface area contributed by atoms with E-state index < -0.39 is 0 Å². The summed E-state index contributed by atoms with van der Waals surface area (Å²) in [5.41, 5.74) is 8.63. The van der Waals surface area contributed by atoms with Gasteiger partial charge in [0.2, 0.25) is 0 Å². The number of anilines is 1. The fraction of sp³-hybridized carbons (Fsp3) is 0.208. The summed E-state index contributed by atoms with van der Waals surface area (Å²) in [5, 5.41) is 1.00. The van der Waals surface area contributed by atoms with Crippen molar-refractivity contribution in [3.8, 4) is 11.8 Å². The third-order valence-corrected chi connectivity index (χ3v) is 5.45. The van der Waals surface area contributed by atoms with E-state index in [0.29, 0.717) is 33.1 Å². The van der Waals surface area contributed by atoms with Crippen molar-refractivity contribution in [1.29, 1.82) is 0 Å². The second-order valence-corrected chi connectivity index (χ2v) is 9.47. The molecular weight excluding hydrogens is 405 g/mol. The normalized spacial score (nSPS) is 11.1. The predicted octanol–water partition coefficient (Wildman–Crippen LogP) is 6.34. The Bertz CT molecular complexity index is 1110. The van der Waals surface area contributed by atoms with Gasteiger partial charge in [-0.25, -0.2) is 4.39 Å². The number of carbonyl (C=O) groups excluding carboxylic acids is 1. The molecule has 29 heavy (non-hydrogen) atoms. The fourth-order valence-electron chi connectivity index (χ4n) is 2.97. The number of ketones is 1. The van der Waals surface area contributed by atoms with Gasteiger partial charge in [-0.15, -0.1) is 11.3 Å². The Kier molecular flexibility index (Phi) is 6.12. The Hall–Kier alpha value is -2.61. The molecule has 0 spiro atoms. The van der Waals surface area contributed by atoms with Crippen LogP contribution in [0, 0.1) is 23.1 Å². The molecule has 0 aliphatic carbocycles. The van der Waals surface area contributed by atoms with E-state index in [0.717, 1.165) is 10.4 Å². The first-order valence-electron chi connectivity index (χ1n) is 9.13. The Morgan fingerprint density at radius 3 is 2.45 bits per heavy atom. The first kappa shape index (κ1) is 21.1. The minimum absolute atomic E-state index is 0.0716. The van der Waals surface area contributed by atoms with Gasteiger partial charge in [-0.1, -0.05) is 50.3 Å². The molecule has 0 aliphatic heterocycles. The summed E-state index contributed by atoms with van der Waals surface area (Å²) in [5.74, 6) is 5.61. The number of benzene rings is 2. The summed E-state index contributed by atoms with van der Waals surface area (Å²) in [4.78, 5) is 13.9. The van der Waals surface area contributed by atoms with Crippen LogP contribution in [0.1, 0.15) is 52.7 Å². The SMILES string of the molecule is CC(C)(C)Cc1c(C#Cc2cccc(F)c2)sc(N)c1C(=O)c1ccc(Cl)cc1. The fourth-order valence-corrected chi connectivity index (χ4v) is 4.04. The van der Waals surface area contributed by atoms with Crippen molar-refractivity contribution in [2.75, 3.05) is 5.73 Å². The zero-order valence-corrected chi connectivity index (χ0v) is 18.0. The van der Waals surface area contributed by atoms with Gasteiger partial charge in [-0.3, -0.25) is 4.79 Å². The number of halogens is 2. The van der Waals surface area contributed by atoms with E-state index >= 15 is 0 Å². The molecule has 0 aliphatic rings. The van der Waals surface area contributed by atoms with Gasteiger partial charge in [0.1, 0.15) is 5.82 Å². The number of carbonyl (C=O) groups is 1. The molecule has 3 aromatic rings. The maximum atomic E-state index is 13.4. The molecule has 2 aromatic carbocycles. The molecule has 5 heteroatoms. The average molecular weight is 426 g/mol. The number of hydrogen-bond donors (Lipinski definition) is 1. The maximum Gasteiger partial charge on any atom is 0.196 e. The van der Waals surface area contributed by atoms with Crippen LogP contribution >= 0.6 is 22.9 Å². The molecule has 1 heterocycles. The van der Waals surface area contributed by atoms with Crippen molar-refractivity contribution < 1.29 is 9.18 Å². The van der Waals surface area contributed by atoms with Crippen LogP contribution in [0.2, 0.25) is 5.02 Å². The molecule has 2 N–H and O–H groups in total. The topological polar surface area (TPSA) is 43.1 Å². The molecule has 0 amide bonds. The minimum atomic E-state index is -0.337. The highest BCUT2D eigenvalue weighted by Crippen LogP contribution is 2.36. The molecule has 0 saturated heterocycles. The van der Waals surface area contributed by atoms with Gasteiger partial charge in [0.25, 0.3) is 0 Å². The maximum absolute atomic E-state index is 13.4. The number of rotatable bonds is 3. The zero-order valence-electron chi connectivity index (χ0n) is 16.5. The molecule has 148 valence electrons. The molecule has 0 radical (unpaired) electrons. The van der Waals surface area contributed by atoms with Crippen molar-refractivity contribution in [1.82, 2.24) is 0 Å². The molecule has 2 nitrogen and oxygen atoms in total. The first-order valence-corrected chi connectivity index (χ1v) is 10.3. The first-order chi connectivity index (χ1) is 13.6. The lowest BCUT2D eigenvalue weighted by Crippen LogP contribution is -2.14. The van der Waals surface area contributed by atoms with E-state index in [4.69, 9.17) is 17.3 Å². The Labute approximate surface area is 179 Å². The summed E-state index contributed by atoms with van der Waals surface area (Å²) >= 11 is 7.24. The van der Waals surface area contributed by atoms with Crippen molar-refractivity contribution in [3.05, 3.63) is 86.5 Å². The number of thiophene rings is 1. The molecule has 0 fully saturated rings. The van der Waals surface area contributed by atoms with Crippen LogP contribution in [0.15, 0.2) is 48.5 Å². The Morgan fingerprint density at radius 1 is 1.14 bits per heavy atom. The lowest BCUT2D eigenvalue weighted by Gasteiger charge is -2.19. The van der Waals surface area contributed by atoms with Gasteiger partial charge in [-0.2, -0.15) is 0 Å². The summed E-state index contributed by atoms with van der Waals surface area (Å²) in [7, 11) is 0. The van der Waals surface area contributed by atoms with Crippen LogP contribution in [0.5, 0.6) is 0 Å². The van der Waals surface area contributed by atoms with Crippen LogP contribution < -0.4 is 5.73 Å².